The van der Waals surface area contributed by atoms with Crippen LogP contribution in [0.3, 0.4) is 0 Å². The average molecular weight is 660 g/mol. The fourth-order valence-corrected chi connectivity index (χ4v) is 5.40. The minimum absolute atomic E-state index is 0.00217. The zero-order valence-corrected chi connectivity index (χ0v) is 27.3. The molecule has 0 aliphatic carbocycles. The Morgan fingerprint density at radius 3 is 2.56 bits per heavy atom. The van der Waals surface area contributed by atoms with Gasteiger partial charge in [0.1, 0.15) is 28.6 Å². The Hall–Kier alpha value is -5.43. The lowest BCUT2D eigenvalue weighted by Gasteiger charge is -2.29. The Balaban J connectivity index is 1.39. The number of nitrogens with one attached hydrogen (secondary N) is 1. The van der Waals surface area contributed by atoms with Crippen molar-refractivity contribution in [3.05, 3.63) is 89.9 Å². The third-order valence-corrected chi connectivity index (χ3v) is 7.83. The number of rotatable bonds is 12. The van der Waals surface area contributed by atoms with Crippen molar-refractivity contribution >= 4 is 29.5 Å². The van der Waals surface area contributed by atoms with Gasteiger partial charge in [0.25, 0.3) is 0 Å². The first-order chi connectivity index (χ1) is 23.3. The summed E-state index contributed by atoms with van der Waals surface area (Å²) >= 11 is 0. The molecule has 0 saturated carbocycles. The number of anilines is 3. The maximum atomic E-state index is 15.1. The van der Waals surface area contributed by atoms with Crippen LogP contribution >= 0.6 is 0 Å². The van der Waals surface area contributed by atoms with Crippen LogP contribution in [0.5, 0.6) is 23.0 Å². The van der Waals surface area contributed by atoms with Gasteiger partial charge in [-0.1, -0.05) is 12.1 Å². The molecular weight excluding hydrogens is 621 g/mol. The molecule has 1 fully saturated rings. The van der Waals surface area contributed by atoms with E-state index < -0.39 is 17.9 Å². The van der Waals surface area contributed by atoms with E-state index in [1.807, 2.05) is 0 Å². The van der Waals surface area contributed by atoms with Crippen molar-refractivity contribution in [1.82, 2.24) is 14.9 Å². The van der Waals surface area contributed by atoms with Gasteiger partial charge in [-0.15, -0.1) is 0 Å². The number of hydrogen-bond acceptors (Lipinski definition) is 11. The molecule has 252 valence electrons. The standard InChI is InChI=1S/C35H38FN5O7/c1-40-17-7-8-23(20-40)22-47-31-13-11-25(19-28(31)36)38-34-37-16-15-32(39-34)41(21-24-18-26(44-2)12-14-29(24)45-3)35(43)48-30-10-6-5-9-27(30)33(42)46-4/h5-6,9-16,18-19,23H,7-8,17,20-22H2,1-4H3,(H,37,38,39). The van der Waals surface area contributed by atoms with Crippen LogP contribution in [-0.2, 0) is 11.3 Å². The first-order valence-corrected chi connectivity index (χ1v) is 15.4. The predicted octanol–water partition coefficient (Wildman–Crippen LogP) is 6.09. The Bertz CT molecular complexity index is 1740. The lowest BCUT2D eigenvalue weighted by molar-refractivity contribution is 0.0598. The van der Waals surface area contributed by atoms with Crippen molar-refractivity contribution in [2.24, 2.45) is 5.92 Å². The van der Waals surface area contributed by atoms with E-state index in [-0.39, 0.29) is 35.4 Å². The summed E-state index contributed by atoms with van der Waals surface area (Å²) < 4.78 is 42.4. The second-order valence-corrected chi connectivity index (χ2v) is 11.2. The molecule has 1 atom stereocenters. The highest BCUT2D eigenvalue weighted by Gasteiger charge is 2.25. The van der Waals surface area contributed by atoms with Crippen LogP contribution in [0.1, 0.15) is 28.8 Å². The largest absolute Gasteiger partial charge is 0.497 e. The number of nitrogens with zero attached hydrogens (tertiary/aromatic N) is 4. The fourth-order valence-electron chi connectivity index (χ4n) is 5.40. The maximum absolute atomic E-state index is 15.1. The highest BCUT2D eigenvalue weighted by atomic mass is 19.1. The molecule has 0 radical (unpaired) electrons. The topological polar surface area (TPSA) is 125 Å². The van der Waals surface area contributed by atoms with Gasteiger partial charge in [0.05, 0.1) is 34.5 Å². The molecule has 4 aromatic rings. The number of hydrogen-bond donors (Lipinski definition) is 1. The summed E-state index contributed by atoms with van der Waals surface area (Å²) in [4.78, 5) is 38.5. The number of likely N-dealkylation sites (tertiary alicyclic amines) is 1. The van der Waals surface area contributed by atoms with Crippen molar-refractivity contribution < 1.29 is 37.7 Å². The van der Waals surface area contributed by atoms with Crippen molar-refractivity contribution in [3.8, 4) is 23.0 Å². The average Bonchev–Trinajstić information content (AvgIpc) is 3.10. The molecule has 48 heavy (non-hydrogen) atoms. The molecule has 1 saturated heterocycles. The summed E-state index contributed by atoms with van der Waals surface area (Å²) in [6.07, 6.45) is 2.74. The van der Waals surface area contributed by atoms with E-state index in [1.54, 1.807) is 42.5 Å². The minimum atomic E-state index is -0.849. The molecule has 13 heteroatoms. The van der Waals surface area contributed by atoms with E-state index >= 15 is 4.39 Å². The second kappa shape index (κ2) is 15.9. The number of para-hydroxylation sites is 1. The molecule has 1 aliphatic heterocycles. The third kappa shape index (κ3) is 8.48. The molecule has 3 aromatic carbocycles. The van der Waals surface area contributed by atoms with Crippen molar-refractivity contribution in [2.45, 2.75) is 19.4 Å². The molecule has 1 N–H and O–H groups in total. The quantitative estimate of drug-likeness (QED) is 0.178. The van der Waals surface area contributed by atoms with Gasteiger partial charge in [0.15, 0.2) is 11.6 Å². The molecule has 1 aliphatic rings. The molecule has 1 amide bonds. The lowest BCUT2D eigenvalue weighted by atomic mass is 10.00. The van der Waals surface area contributed by atoms with Gasteiger partial charge in [0, 0.05) is 36.0 Å². The van der Waals surface area contributed by atoms with Crippen LogP contribution in [0.2, 0.25) is 0 Å². The molecule has 0 spiro atoms. The Morgan fingerprint density at radius 1 is 1.00 bits per heavy atom. The Kier molecular flexibility index (Phi) is 11.2. The predicted molar refractivity (Wildman–Crippen MR) is 177 cm³/mol. The van der Waals surface area contributed by atoms with Gasteiger partial charge in [-0.05, 0) is 75.0 Å². The minimum Gasteiger partial charge on any atom is -0.497 e. The Labute approximate surface area is 278 Å². The molecule has 12 nitrogen and oxygen atoms in total. The summed E-state index contributed by atoms with van der Waals surface area (Å²) in [7, 11) is 6.35. The monoisotopic (exact) mass is 659 g/mol. The van der Waals surface area contributed by atoms with Crippen LogP contribution in [0.4, 0.5) is 26.6 Å². The van der Waals surface area contributed by atoms with E-state index in [2.05, 4.69) is 27.2 Å². The summed E-state index contributed by atoms with van der Waals surface area (Å²) in [5.41, 5.74) is 1.03. The normalized spacial score (nSPS) is 14.5. The fraction of sp³-hybridized carbons (Fsp3) is 0.314. The summed E-state index contributed by atoms with van der Waals surface area (Å²) in [5.74, 6) is 0.585. The Morgan fingerprint density at radius 2 is 1.81 bits per heavy atom. The molecule has 0 bridgehead atoms. The first kappa shape index (κ1) is 33.9. The number of methoxy groups -OCH3 is 3. The van der Waals surface area contributed by atoms with Crippen molar-refractivity contribution in [3.63, 3.8) is 0 Å². The number of aromatic nitrogens is 2. The maximum Gasteiger partial charge on any atom is 0.421 e. The molecule has 1 unspecified atom stereocenters. The zero-order valence-electron chi connectivity index (χ0n) is 27.3. The van der Waals surface area contributed by atoms with Gasteiger partial charge in [-0.2, -0.15) is 4.98 Å². The molecule has 1 aromatic heterocycles. The second-order valence-electron chi connectivity index (χ2n) is 11.2. The number of amides is 1. The van der Waals surface area contributed by atoms with Gasteiger partial charge < -0.3 is 33.9 Å². The molecular formula is C35H38FN5O7. The van der Waals surface area contributed by atoms with Crippen molar-refractivity contribution in [2.75, 3.05) is 58.3 Å². The first-order valence-electron chi connectivity index (χ1n) is 15.4. The summed E-state index contributed by atoms with van der Waals surface area (Å²) in [6.45, 7) is 2.36. The van der Waals surface area contributed by atoms with Gasteiger partial charge in [0.2, 0.25) is 5.95 Å². The molecule has 5 rings (SSSR count). The lowest BCUT2D eigenvalue weighted by Crippen LogP contribution is -2.34. The van der Waals surface area contributed by atoms with E-state index in [0.29, 0.717) is 35.3 Å². The van der Waals surface area contributed by atoms with Crippen LogP contribution in [-0.4, -0.2) is 75.0 Å². The van der Waals surface area contributed by atoms with E-state index in [1.165, 1.54) is 56.7 Å². The van der Waals surface area contributed by atoms with E-state index in [9.17, 15) is 9.59 Å². The van der Waals surface area contributed by atoms with Crippen LogP contribution in [0.15, 0.2) is 72.9 Å². The third-order valence-electron chi connectivity index (χ3n) is 7.83. The van der Waals surface area contributed by atoms with Gasteiger partial charge in [-0.3, -0.25) is 4.90 Å². The highest BCUT2D eigenvalue weighted by Crippen LogP contribution is 2.30. The highest BCUT2D eigenvalue weighted by molar-refractivity contribution is 5.95. The van der Waals surface area contributed by atoms with Crippen molar-refractivity contribution in [1.29, 1.82) is 0 Å². The summed E-state index contributed by atoms with van der Waals surface area (Å²) in [5, 5.41) is 2.99. The van der Waals surface area contributed by atoms with Crippen LogP contribution in [0.25, 0.3) is 0 Å². The number of carbonyl (C=O) groups is 2. The number of ether oxygens (including phenoxy) is 5. The number of esters is 1. The van der Waals surface area contributed by atoms with Gasteiger partial charge >= 0.3 is 12.1 Å². The van der Waals surface area contributed by atoms with Gasteiger partial charge in [-0.25, -0.2) is 19.0 Å². The van der Waals surface area contributed by atoms with E-state index in [4.69, 9.17) is 23.7 Å². The van der Waals surface area contributed by atoms with Crippen LogP contribution in [0, 0.1) is 11.7 Å². The summed E-state index contributed by atoms with van der Waals surface area (Å²) in [6, 6.07) is 17.4. The number of carbonyl (C=O) groups excluding carboxylic acids is 2. The number of halogens is 1. The van der Waals surface area contributed by atoms with Crippen LogP contribution < -0.4 is 29.2 Å². The number of piperidine rings is 1. The molecule has 2 heterocycles. The smallest absolute Gasteiger partial charge is 0.421 e. The number of benzene rings is 3. The SMILES string of the molecule is COC(=O)c1ccccc1OC(=O)N(Cc1cc(OC)ccc1OC)c1ccnc(Nc2ccc(OCC3CCCN(C)C3)c(F)c2)n1. The zero-order chi connectivity index (χ0) is 34.0. The van der Waals surface area contributed by atoms with E-state index in [0.717, 1.165) is 25.9 Å².